The van der Waals surface area contributed by atoms with E-state index in [4.69, 9.17) is 10.3 Å². The van der Waals surface area contributed by atoms with Gasteiger partial charge in [0.1, 0.15) is 10.7 Å². The van der Waals surface area contributed by atoms with Crippen LogP contribution >= 0.6 is 23.1 Å². The van der Waals surface area contributed by atoms with Crippen LogP contribution in [-0.4, -0.2) is 21.4 Å². The lowest BCUT2D eigenvalue weighted by Crippen LogP contribution is -2.03. The molecule has 0 saturated carbocycles. The van der Waals surface area contributed by atoms with Crippen molar-refractivity contribution in [2.45, 2.75) is 17.9 Å². The van der Waals surface area contributed by atoms with E-state index in [0.29, 0.717) is 17.4 Å². The standard InChI is InChI=1S/C14H14N4OS2/c1-8(15)14-16-11(7-21-14)13-17-12(18-19-13)9-3-5-10(20-2)6-4-9/h3-8H,15H2,1-2H3. The molecule has 0 aliphatic carbocycles. The summed E-state index contributed by atoms with van der Waals surface area (Å²) in [5.41, 5.74) is 7.40. The van der Waals surface area contributed by atoms with Crippen molar-refractivity contribution in [1.82, 2.24) is 15.1 Å². The maximum Gasteiger partial charge on any atom is 0.277 e. The third-order valence-electron chi connectivity index (χ3n) is 2.90. The highest BCUT2D eigenvalue weighted by atomic mass is 32.2. The van der Waals surface area contributed by atoms with Gasteiger partial charge in [-0.15, -0.1) is 23.1 Å². The molecule has 0 fully saturated rings. The number of hydrogen-bond donors (Lipinski definition) is 1. The van der Waals surface area contributed by atoms with E-state index in [0.717, 1.165) is 10.6 Å². The molecular weight excluding hydrogens is 304 g/mol. The Labute approximate surface area is 130 Å². The van der Waals surface area contributed by atoms with Gasteiger partial charge in [-0.3, -0.25) is 0 Å². The van der Waals surface area contributed by atoms with E-state index in [2.05, 4.69) is 15.1 Å². The van der Waals surface area contributed by atoms with Gasteiger partial charge in [-0.05, 0) is 37.4 Å². The quantitative estimate of drug-likeness (QED) is 0.741. The number of nitrogens with zero attached hydrogens (tertiary/aromatic N) is 3. The minimum absolute atomic E-state index is 0.0924. The molecule has 0 spiro atoms. The summed E-state index contributed by atoms with van der Waals surface area (Å²) in [5, 5.41) is 6.75. The number of rotatable bonds is 4. The largest absolute Gasteiger partial charge is 0.332 e. The fourth-order valence-corrected chi connectivity index (χ4v) is 2.94. The van der Waals surface area contributed by atoms with Gasteiger partial charge in [-0.25, -0.2) is 4.98 Å². The van der Waals surface area contributed by atoms with Crippen LogP contribution in [0.15, 0.2) is 39.1 Å². The van der Waals surface area contributed by atoms with Gasteiger partial charge in [0.25, 0.3) is 5.89 Å². The Bertz CT molecular complexity index is 734. The number of hydrogen-bond acceptors (Lipinski definition) is 7. The van der Waals surface area contributed by atoms with Gasteiger partial charge >= 0.3 is 0 Å². The van der Waals surface area contributed by atoms with Crippen LogP contribution in [0.3, 0.4) is 0 Å². The lowest BCUT2D eigenvalue weighted by atomic mass is 10.2. The second-order valence-electron chi connectivity index (χ2n) is 4.51. The molecule has 1 atom stereocenters. The molecule has 1 aromatic carbocycles. The van der Waals surface area contributed by atoms with Gasteiger partial charge < -0.3 is 10.3 Å². The molecule has 3 aromatic rings. The Kier molecular flexibility index (Phi) is 4.05. The maximum absolute atomic E-state index is 5.81. The zero-order valence-corrected chi connectivity index (χ0v) is 13.2. The summed E-state index contributed by atoms with van der Waals surface area (Å²) in [6.45, 7) is 1.90. The lowest BCUT2D eigenvalue weighted by Gasteiger charge is -1.96. The molecule has 1 unspecified atom stereocenters. The molecule has 0 saturated heterocycles. The third kappa shape index (κ3) is 2.99. The molecule has 0 radical (unpaired) electrons. The van der Waals surface area contributed by atoms with E-state index in [1.165, 1.54) is 16.2 Å². The predicted octanol–water partition coefficient (Wildman–Crippen LogP) is 3.60. The average molecular weight is 318 g/mol. The summed E-state index contributed by atoms with van der Waals surface area (Å²) in [7, 11) is 0. The number of benzene rings is 1. The zero-order chi connectivity index (χ0) is 14.8. The molecule has 5 nitrogen and oxygen atoms in total. The smallest absolute Gasteiger partial charge is 0.277 e. The van der Waals surface area contributed by atoms with Crippen molar-refractivity contribution in [3.8, 4) is 23.0 Å². The molecule has 2 N–H and O–H groups in total. The molecular formula is C14H14N4OS2. The van der Waals surface area contributed by atoms with Crippen LogP contribution in [0, 0.1) is 0 Å². The monoisotopic (exact) mass is 318 g/mol. The second kappa shape index (κ2) is 5.97. The molecule has 2 heterocycles. The molecule has 108 valence electrons. The van der Waals surface area contributed by atoms with E-state index in [-0.39, 0.29) is 6.04 Å². The van der Waals surface area contributed by atoms with E-state index in [9.17, 15) is 0 Å². The van der Waals surface area contributed by atoms with E-state index < -0.39 is 0 Å². The molecule has 7 heteroatoms. The number of thiazole rings is 1. The van der Waals surface area contributed by atoms with Gasteiger partial charge in [-0.1, -0.05) is 5.16 Å². The highest BCUT2D eigenvalue weighted by molar-refractivity contribution is 7.98. The van der Waals surface area contributed by atoms with Crippen molar-refractivity contribution in [3.63, 3.8) is 0 Å². The van der Waals surface area contributed by atoms with Crippen molar-refractivity contribution in [3.05, 3.63) is 34.7 Å². The summed E-state index contributed by atoms with van der Waals surface area (Å²) in [6.07, 6.45) is 2.04. The Morgan fingerprint density at radius 2 is 2.00 bits per heavy atom. The number of aromatic nitrogens is 3. The molecule has 0 aliphatic heterocycles. The van der Waals surface area contributed by atoms with Gasteiger partial charge in [-0.2, -0.15) is 4.98 Å². The van der Waals surface area contributed by atoms with Gasteiger partial charge in [0.2, 0.25) is 5.82 Å². The minimum atomic E-state index is -0.0924. The summed E-state index contributed by atoms with van der Waals surface area (Å²) >= 11 is 3.19. The molecule has 0 amide bonds. The summed E-state index contributed by atoms with van der Waals surface area (Å²) < 4.78 is 5.29. The molecule has 0 aliphatic rings. The minimum Gasteiger partial charge on any atom is -0.332 e. The molecule has 3 rings (SSSR count). The highest BCUT2D eigenvalue weighted by Gasteiger charge is 2.15. The Morgan fingerprint density at radius 3 is 2.62 bits per heavy atom. The van der Waals surface area contributed by atoms with Crippen LogP contribution in [0.2, 0.25) is 0 Å². The van der Waals surface area contributed by atoms with Gasteiger partial charge in [0.15, 0.2) is 0 Å². The first-order valence-corrected chi connectivity index (χ1v) is 8.47. The van der Waals surface area contributed by atoms with Crippen molar-refractivity contribution in [1.29, 1.82) is 0 Å². The predicted molar refractivity (Wildman–Crippen MR) is 85.2 cm³/mol. The van der Waals surface area contributed by atoms with Crippen LogP contribution in [0.5, 0.6) is 0 Å². The number of nitrogens with two attached hydrogens (primary N) is 1. The van der Waals surface area contributed by atoms with Crippen LogP contribution in [0.4, 0.5) is 0 Å². The normalized spacial score (nSPS) is 12.5. The van der Waals surface area contributed by atoms with Crippen LogP contribution in [0.1, 0.15) is 18.0 Å². The first-order valence-electron chi connectivity index (χ1n) is 6.37. The molecule has 21 heavy (non-hydrogen) atoms. The lowest BCUT2D eigenvalue weighted by molar-refractivity contribution is 0.431. The van der Waals surface area contributed by atoms with E-state index >= 15 is 0 Å². The summed E-state index contributed by atoms with van der Waals surface area (Å²) in [4.78, 5) is 10.0. The fourth-order valence-electron chi connectivity index (χ4n) is 1.78. The fraction of sp³-hybridized carbons (Fsp3) is 0.214. The molecule has 0 bridgehead atoms. The molecule has 2 aromatic heterocycles. The Balaban J connectivity index is 1.87. The first-order chi connectivity index (χ1) is 10.2. The number of thioether (sulfide) groups is 1. The maximum atomic E-state index is 5.81. The summed E-state index contributed by atoms with van der Waals surface area (Å²) in [5.74, 6) is 0.982. The zero-order valence-electron chi connectivity index (χ0n) is 11.6. The summed E-state index contributed by atoms with van der Waals surface area (Å²) in [6, 6.07) is 7.94. The van der Waals surface area contributed by atoms with Crippen LogP contribution < -0.4 is 5.73 Å². The highest BCUT2D eigenvalue weighted by Crippen LogP contribution is 2.26. The average Bonchev–Trinajstić information content (AvgIpc) is 3.16. The van der Waals surface area contributed by atoms with Crippen molar-refractivity contribution in [2.75, 3.05) is 6.26 Å². The van der Waals surface area contributed by atoms with Crippen LogP contribution in [0.25, 0.3) is 23.0 Å². The second-order valence-corrected chi connectivity index (χ2v) is 6.28. The van der Waals surface area contributed by atoms with Crippen molar-refractivity contribution < 1.29 is 4.52 Å². The SMILES string of the molecule is CSc1ccc(-c2noc(-c3csc(C(C)N)n3)n2)cc1. The Morgan fingerprint density at radius 1 is 1.24 bits per heavy atom. The van der Waals surface area contributed by atoms with Crippen molar-refractivity contribution >= 4 is 23.1 Å². The van der Waals surface area contributed by atoms with Crippen molar-refractivity contribution in [2.24, 2.45) is 5.73 Å². The van der Waals surface area contributed by atoms with Gasteiger partial charge in [0.05, 0.1) is 6.04 Å². The first kappa shape index (κ1) is 14.2. The van der Waals surface area contributed by atoms with E-state index in [1.54, 1.807) is 11.8 Å². The van der Waals surface area contributed by atoms with Gasteiger partial charge in [0, 0.05) is 15.8 Å². The van der Waals surface area contributed by atoms with Crippen LogP contribution in [-0.2, 0) is 0 Å². The Hall–Kier alpha value is -1.70. The van der Waals surface area contributed by atoms with E-state index in [1.807, 2.05) is 42.8 Å². The third-order valence-corrected chi connectivity index (χ3v) is 4.69. The topological polar surface area (TPSA) is 77.8 Å².